The Labute approximate surface area is 151 Å². The lowest BCUT2D eigenvalue weighted by atomic mass is 10.1. The molecule has 0 aromatic heterocycles. The van der Waals surface area contributed by atoms with E-state index >= 15 is 0 Å². The molecule has 1 aliphatic rings. The number of allylic oxidation sites excluding steroid dienone is 1. The predicted molar refractivity (Wildman–Crippen MR) is 78.5 cm³/mol. The van der Waals surface area contributed by atoms with Gasteiger partial charge in [-0.15, -0.1) is 4.59 Å². The van der Waals surface area contributed by atoms with Crippen LogP contribution in [-0.4, -0.2) is 29.6 Å². The normalized spacial score (nSPS) is 20.9. The molecule has 0 saturated heterocycles. The molecule has 2 rings (SSSR count). The standard InChI is InChI=1S/C15H11F9N3O/c1-2-27(7-25-11(6-12(27)28)15(22,23)24)26-10-4-3-8(13(16,17)18)5-9(10)14(19,20)21/h3-7,26H,2H2,1H3/q+1. The van der Waals surface area contributed by atoms with Crippen LogP contribution in [0.1, 0.15) is 18.1 Å². The first-order valence-electron chi connectivity index (χ1n) is 7.43. The number of amides is 1. The Kier molecular flexibility index (Phi) is 5.27. The van der Waals surface area contributed by atoms with Crippen LogP contribution >= 0.6 is 0 Å². The van der Waals surface area contributed by atoms with Gasteiger partial charge < -0.3 is 0 Å². The number of hydrogen-bond acceptors (Lipinski definition) is 3. The number of benzene rings is 1. The third kappa shape index (κ3) is 4.29. The molecule has 0 saturated carbocycles. The molecule has 0 fully saturated rings. The molecule has 1 unspecified atom stereocenters. The molecule has 0 aliphatic carbocycles. The Balaban J connectivity index is 2.51. The fraction of sp³-hybridized carbons (Fsp3) is 0.333. The first kappa shape index (κ1) is 21.7. The number of quaternary nitrogens is 1. The SMILES string of the molecule is CC[N+]1(Nc2ccc(C(F)(F)F)cc2C(F)(F)F)C=NC(C(F)(F)F)=CC1=O. The topological polar surface area (TPSA) is 41.5 Å². The zero-order chi connectivity index (χ0) is 21.5. The summed E-state index contributed by atoms with van der Waals surface area (Å²) in [5, 5.41) is 0. The highest BCUT2D eigenvalue weighted by Gasteiger charge is 2.45. The fourth-order valence-corrected chi connectivity index (χ4v) is 2.31. The number of nitrogens with zero attached hydrogens (tertiary/aromatic N) is 2. The number of carbonyl (C=O) groups excluding carboxylic acids is 1. The lowest BCUT2D eigenvalue weighted by Gasteiger charge is -2.32. The number of hydrogen-bond donors (Lipinski definition) is 1. The Hall–Kier alpha value is -2.57. The smallest absolute Gasteiger partial charge is 0.223 e. The van der Waals surface area contributed by atoms with E-state index in [9.17, 15) is 44.3 Å². The third-order valence-electron chi connectivity index (χ3n) is 3.81. The van der Waals surface area contributed by atoms with Crippen molar-refractivity contribution in [2.24, 2.45) is 4.99 Å². The van der Waals surface area contributed by atoms with Gasteiger partial charge in [-0.3, -0.25) is 0 Å². The van der Waals surface area contributed by atoms with E-state index in [-0.39, 0.29) is 18.7 Å². The van der Waals surface area contributed by atoms with Gasteiger partial charge >= 0.3 is 24.4 Å². The summed E-state index contributed by atoms with van der Waals surface area (Å²) in [6.45, 7) is 0.892. The zero-order valence-corrected chi connectivity index (χ0v) is 13.8. The van der Waals surface area contributed by atoms with Crippen molar-refractivity contribution in [3.8, 4) is 0 Å². The molecule has 0 radical (unpaired) electrons. The second-order valence-corrected chi connectivity index (χ2v) is 5.66. The Bertz CT molecular complexity index is 837. The lowest BCUT2D eigenvalue weighted by Crippen LogP contribution is -2.57. The molecule has 1 aliphatic heterocycles. The monoisotopic (exact) mass is 420 g/mol. The minimum atomic E-state index is -5.23. The van der Waals surface area contributed by atoms with Gasteiger partial charge in [0.05, 0.1) is 22.9 Å². The fourth-order valence-electron chi connectivity index (χ4n) is 2.31. The Morgan fingerprint density at radius 3 is 2.00 bits per heavy atom. The lowest BCUT2D eigenvalue weighted by molar-refractivity contribution is -0.728. The summed E-state index contributed by atoms with van der Waals surface area (Å²) in [5.74, 6) is -1.29. The van der Waals surface area contributed by atoms with Crippen LogP contribution in [0.2, 0.25) is 0 Å². The Morgan fingerprint density at radius 1 is 0.964 bits per heavy atom. The van der Waals surface area contributed by atoms with E-state index in [1.807, 2.05) is 0 Å². The summed E-state index contributed by atoms with van der Waals surface area (Å²) in [5.41, 5.74) is -3.73. The summed E-state index contributed by atoms with van der Waals surface area (Å²) >= 11 is 0. The van der Waals surface area contributed by atoms with Crippen molar-refractivity contribution in [1.29, 1.82) is 0 Å². The maximum atomic E-state index is 13.2. The Morgan fingerprint density at radius 2 is 1.57 bits per heavy atom. The van der Waals surface area contributed by atoms with Crippen molar-refractivity contribution < 1.29 is 48.9 Å². The number of aliphatic imine (C=N–C) groups is 1. The first-order valence-corrected chi connectivity index (χ1v) is 7.43. The van der Waals surface area contributed by atoms with Crippen LogP contribution in [0.4, 0.5) is 45.2 Å². The van der Waals surface area contributed by atoms with Gasteiger partial charge in [-0.2, -0.15) is 44.5 Å². The first-order chi connectivity index (χ1) is 12.6. The van der Waals surface area contributed by atoms with E-state index in [2.05, 4.69) is 10.4 Å². The molecule has 1 atom stereocenters. The van der Waals surface area contributed by atoms with Crippen molar-refractivity contribution in [1.82, 2.24) is 0 Å². The molecule has 4 nitrogen and oxygen atoms in total. The highest BCUT2D eigenvalue weighted by atomic mass is 19.4. The van der Waals surface area contributed by atoms with Crippen molar-refractivity contribution in [2.75, 3.05) is 12.0 Å². The number of alkyl halides is 9. The van der Waals surface area contributed by atoms with Gasteiger partial charge in [0, 0.05) is 0 Å². The molecule has 1 amide bonds. The van der Waals surface area contributed by atoms with Crippen LogP contribution in [-0.2, 0) is 17.1 Å². The molecule has 0 bridgehead atoms. The second-order valence-electron chi connectivity index (χ2n) is 5.66. The van der Waals surface area contributed by atoms with Crippen molar-refractivity contribution in [2.45, 2.75) is 25.5 Å². The average Bonchev–Trinajstić information content (AvgIpc) is 2.54. The van der Waals surface area contributed by atoms with Gasteiger partial charge in [-0.25, -0.2) is 10.2 Å². The largest absolute Gasteiger partial charge is 0.433 e. The molecular formula is C15H11F9N3O+. The van der Waals surface area contributed by atoms with Crippen molar-refractivity contribution >= 4 is 17.9 Å². The zero-order valence-electron chi connectivity index (χ0n) is 13.8. The number of halogens is 9. The molecular weight excluding hydrogens is 409 g/mol. The number of nitrogens with one attached hydrogen (secondary N) is 1. The van der Waals surface area contributed by atoms with Crippen LogP contribution in [0, 0.1) is 0 Å². The average molecular weight is 420 g/mol. The predicted octanol–water partition coefficient (Wildman–Crippen LogP) is 4.90. The molecule has 1 N–H and O–H groups in total. The molecule has 0 spiro atoms. The number of anilines is 1. The van der Waals surface area contributed by atoms with Gasteiger partial charge in [0.2, 0.25) is 6.34 Å². The van der Waals surface area contributed by atoms with E-state index in [1.165, 1.54) is 6.92 Å². The van der Waals surface area contributed by atoms with E-state index in [4.69, 9.17) is 0 Å². The quantitative estimate of drug-likeness (QED) is 0.558. The van der Waals surface area contributed by atoms with E-state index in [1.54, 1.807) is 0 Å². The molecule has 13 heteroatoms. The summed E-state index contributed by atoms with van der Waals surface area (Å²) in [6, 6.07) is 0.648. The van der Waals surface area contributed by atoms with Crippen LogP contribution < -0.4 is 5.43 Å². The molecule has 1 aromatic carbocycles. The van der Waals surface area contributed by atoms with Crippen molar-refractivity contribution in [3.05, 3.63) is 41.1 Å². The van der Waals surface area contributed by atoms with E-state index in [0.717, 1.165) is 0 Å². The van der Waals surface area contributed by atoms with Crippen LogP contribution in [0.15, 0.2) is 35.0 Å². The summed E-state index contributed by atoms with van der Waals surface area (Å²) < 4.78 is 115. The third-order valence-corrected chi connectivity index (χ3v) is 3.81. The van der Waals surface area contributed by atoms with Crippen LogP contribution in [0.3, 0.4) is 0 Å². The van der Waals surface area contributed by atoms with Gasteiger partial charge in [-0.05, 0) is 25.1 Å². The summed E-state index contributed by atoms with van der Waals surface area (Å²) in [4.78, 5) is 15.2. The summed E-state index contributed by atoms with van der Waals surface area (Å²) in [6.07, 6.45) is -14.7. The van der Waals surface area contributed by atoms with Gasteiger partial charge in [0.1, 0.15) is 6.54 Å². The number of rotatable bonds is 3. The van der Waals surface area contributed by atoms with E-state index < -0.39 is 51.5 Å². The highest BCUT2D eigenvalue weighted by molar-refractivity contribution is 5.90. The van der Waals surface area contributed by atoms with E-state index in [0.29, 0.717) is 18.5 Å². The molecule has 1 heterocycles. The summed E-state index contributed by atoms with van der Waals surface area (Å²) in [7, 11) is 0. The van der Waals surface area contributed by atoms with Crippen molar-refractivity contribution in [3.63, 3.8) is 0 Å². The number of carbonyl (C=O) groups is 1. The van der Waals surface area contributed by atoms with Crippen LogP contribution in [0.5, 0.6) is 0 Å². The minimum Gasteiger partial charge on any atom is -0.223 e. The van der Waals surface area contributed by atoms with Gasteiger partial charge in [0.15, 0.2) is 5.70 Å². The molecule has 154 valence electrons. The molecule has 1 aromatic rings. The maximum Gasteiger partial charge on any atom is 0.433 e. The van der Waals surface area contributed by atoms with Gasteiger partial charge in [-0.1, -0.05) is 0 Å². The highest BCUT2D eigenvalue weighted by Crippen LogP contribution is 2.40. The number of likely N-dealkylation sites (N-methyl/N-ethyl adjacent to an activating group) is 1. The minimum absolute atomic E-state index is 0.105. The second kappa shape index (κ2) is 6.79. The van der Waals surface area contributed by atoms with Gasteiger partial charge in [0.25, 0.3) is 0 Å². The van der Waals surface area contributed by atoms with Crippen LogP contribution in [0.25, 0.3) is 0 Å². The maximum absolute atomic E-state index is 13.2. The molecule has 28 heavy (non-hydrogen) atoms.